The molecule has 0 N–H and O–H groups in total. The van der Waals surface area contributed by atoms with Crippen molar-refractivity contribution < 1.29 is 9.53 Å². The van der Waals surface area contributed by atoms with Gasteiger partial charge in [0.1, 0.15) is 12.4 Å². The number of fused-ring (bicyclic) bond motifs is 1. The Balaban J connectivity index is 1.60. The third-order valence-corrected chi connectivity index (χ3v) is 6.34. The van der Waals surface area contributed by atoms with Gasteiger partial charge in [-0.15, -0.1) is 0 Å². The molecule has 1 saturated carbocycles. The van der Waals surface area contributed by atoms with Gasteiger partial charge < -0.3 is 4.74 Å². The van der Waals surface area contributed by atoms with Crippen LogP contribution in [0, 0.1) is 12.8 Å². The summed E-state index contributed by atoms with van der Waals surface area (Å²) >= 11 is 12.2. The molecular weight excluding hydrogens is 421 g/mol. The Morgan fingerprint density at radius 3 is 2.73 bits per heavy atom. The summed E-state index contributed by atoms with van der Waals surface area (Å²) < 4.78 is 7.96. The van der Waals surface area contributed by atoms with Crippen molar-refractivity contribution in [1.82, 2.24) is 9.38 Å². The van der Waals surface area contributed by atoms with Gasteiger partial charge >= 0.3 is 0 Å². The van der Waals surface area contributed by atoms with Gasteiger partial charge in [-0.1, -0.05) is 48.5 Å². The SMILES string of the molecule is Cc1nc2c(OCc3ccc(Cl)cc3Cl)cccn2c1N(C)C(=O)C1CCCCC1. The normalized spacial score (nSPS) is 14.8. The highest BCUT2D eigenvalue weighted by Crippen LogP contribution is 2.31. The highest BCUT2D eigenvalue weighted by atomic mass is 35.5. The zero-order chi connectivity index (χ0) is 21.3. The minimum absolute atomic E-state index is 0.0974. The van der Waals surface area contributed by atoms with E-state index in [9.17, 15) is 4.79 Å². The minimum atomic E-state index is 0.0974. The second-order valence-corrected chi connectivity index (χ2v) is 8.69. The van der Waals surface area contributed by atoms with Gasteiger partial charge in [-0.25, -0.2) is 4.98 Å². The molecule has 30 heavy (non-hydrogen) atoms. The molecule has 0 aliphatic heterocycles. The number of ether oxygens (including phenoxy) is 1. The first kappa shape index (κ1) is 21.0. The summed E-state index contributed by atoms with van der Waals surface area (Å²) in [5.74, 6) is 1.69. The van der Waals surface area contributed by atoms with E-state index in [4.69, 9.17) is 32.9 Å². The lowest BCUT2D eigenvalue weighted by Crippen LogP contribution is -2.35. The molecule has 158 valence electrons. The summed E-state index contributed by atoms with van der Waals surface area (Å²) in [6.45, 7) is 2.22. The van der Waals surface area contributed by atoms with Crippen LogP contribution in [0.3, 0.4) is 0 Å². The number of carbonyl (C=O) groups is 1. The van der Waals surface area contributed by atoms with Crippen LogP contribution in [0.4, 0.5) is 5.82 Å². The van der Waals surface area contributed by atoms with E-state index in [2.05, 4.69) is 0 Å². The van der Waals surface area contributed by atoms with Crippen LogP contribution in [0.15, 0.2) is 36.5 Å². The van der Waals surface area contributed by atoms with Gasteiger partial charge in [-0.2, -0.15) is 0 Å². The molecule has 3 aromatic rings. The van der Waals surface area contributed by atoms with Crippen molar-refractivity contribution in [2.45, 2.75) is 45.6 Å². The van der Waals surface area contributed by atoms with Crippen LogP contribution in [-0.4, -0.2) is 22.3 Å². The molecular formula is C23H25Cl2N3O2. The largest absolute Gasteiger partial charge is 0.485 e. The van der Waals surface area contributed by atoms with Gasteiger partial charge in [-0.3, -0.25) is 14.1 Å². The molecule has 1 aromatic carbocycles. The average molecular weight is 446 g/mol. The van der Waals surface area contributed by atoms with Gasteiger partial charge in [-0.05, 0) is 44.0 Å². The maximum Gasteiger partial charge on any atom is 0.231 e. The Labute approximate surface area is 186 Å². The highest BCUT2D eigenvalue weighted by molar-refractivity contribution is 6.35. The molecule has 2 aromatic heterocycles. The van der Waals surface area contributed by atoms with Crippen LogP contribution in [-0.2, 0) is 11.4 Å². The molecule has 0 bridgehead atoms. The van der Waals surface area contributed by atoms with Crippen LogP contribution < -0.4 is 9.64 Å². The number of aromatic nitrogens is 2. The molecule has 1 aliphatic rings. The molecule has 4 rings (SSSR count). The Kier molecular flexibility index (Phi) is 6.21. The van der Waals surface area contributed by atoms with Crippen molar-refractivity contribution in [3.8, 4) is 5.75 Å². The number of hydrogen-bond acceptors (Lipinski definition) is 3. The standard InChI is InChI=1S/C23H25Cl2N3O2/c1-15-22(27(2)23(29)16-7-4-3-5-8-16)28-12-6-9-20(21(28)26-15)30-14-17-10-11-18(24)13-19(17)25/h6,9-13,16H,3-5,7-8,14H2,1-2H3. The molecule has 0 radical (unpaired) electrons. The number of rotatable bonds is 5. The number of benzene rings is 1. The van der Waals surface area contributed by atoms with Crippen LogP contribution in [0.25, 0.3) is 5.65 Å². The minimum Gasteiger partial charge on any atom is -0.485 e. The average Bonchev–Trinajstić information content (AvgIpc) is 3.09. The van der Waals surface area contributed by atoms with Crippen LogP contribution in [0.2, 0.25) is 10.0 Å². The van der Waals surface area contributed by atoms with E-state index in [-0.39, 0.29) is 11.8 Å². The van der Waals surface area contributed by atoms with E-state index < -0.39 is 0 Å². The summed E-state index contributed by atoms with van der Waals surface area (Å²) in [5, 5.41) is 1.15. The number of pyridine rings is 1. The number of nitrogens with zero attached hydrogens (tertiary/aromatic N) is 3. The lowest BCUT2D eigenvalue weighted by atomic mass is 9.88. The molecule has 0 atom stereocenters. The number of anilines is 1. The molecule has 7 heteroatoms. The van der Waals surface area contributed by atoms with Gasteiger partial charge in [0, 0.05) is 34.8 Å². The van der Waals surface area contributed by atoms with Crippen molar-refractivity contribution in [3.05, 3.63) is 57.8 Å². The summed E-state index contributed by atoms with van der Waals surface area (Å²) in [7, 11) is 1.84. The fraction of sp³-hybridized carbons (Fsp3) is 0.391. The Bertz CT molecular complexity index is 1070. The number of imidazole rings is 1. The summed E-state index contributed by atoms with van der Waals surface area (Å²) in [6, 6.07) is 9.11. The number of hydrogen-bond donors (Lipinski definition) is 0. The Morgan fingerprint density at radius 2 is 2.00 bits per heavy atom. The van der Waals surface area contributed by atoms with E-state index in [1.54, 1.807) is 17.0 Å². The maximum absolute atomic E-state index is 13.1. The first-order valence-corrected chi connectivity index (χ1v) is 11.0. The van der Waals surface area contributed by atoms with Gasteiger partial charge in [0.05, 0.1) is 5.69 Å². The van der Waals surface area contributed by atoms with E-state index in [1.165, 1.54) is 6.42 Å². The molecule has 1 fully saturated rings. The molecule has 2 heterocycles. The molecule has 0 spiro atoms. The van der Waals surface area contributed by atoms with Crippen molar-refractivity contribution in [3.63, 3.8) is 0 Å². The zero-order valence-electron chi connectivity index (χ0n) is 17.2. The topological polar surface area (TPSA) is 46.8 Å². The van der Waals surface area contributed by atoms with Crippen molar-refractivity contribution in [1.29, 1.82) is 0 Å². The van der Waals surface area contributed by atoms with E-state index in [0.717, 1.165) is 42.8 Å². The monoisotopic (exact) mass is 445 g/mol. The fourth-order valence-corrected chi connectivity index (χ4v) is 4.65. The number of amides is 1. The highest BCUT2D eigenvalue weighted by Gasteiger charge is 2.27. The third-order valence-electron chi connectivity index (χ3n) is 5.76. The van der Waals surface area contributed by atoms with Gasteiger partial charge in [0.25, 0.3) is 0 Å². The maximum atomic E-state index is 13.1. The van der Waals surface area contributed by atoms with Crippen LogP contribution >= 0.6 is 23.2 Å². The van der Waals surface area contributed by atoms with Crippen molar-refractivity contribution in [2.75, 3.05) is 11.9 Å². The lowest BCUT2D eigenvalue weighted by molar-refractivity contribution is -0.123. The Hall–Kier alpha value is -2.24. The predicted molar refractivity (Wildman–Crippen MR) is 121 cm³/mol. The first-order valence-electron chi connectivity index (χ1n) is 10.3. The van der Waals surface area contributed by atoms with Crippen molar-refractivity contribution >= 4 is 40.6 Å². The summed E-state index contributed by atoms with van der Waals surface area (Å²) in [6.07, 6.45) is 7.32. The fourth-order valence-electron chi connectivity index (χ4n) is 4.18. The van der Waals surface area contributed by atoms with Crippen LogP contribution in [0.5, 0.6) is 5.75 Å². The predicted octanol–water partition coefficient (Wildman–Crippen LogP) is 6.07. The van der Waals surface area contributed by atoms with Crippen LogP contribution in [0.1, 0.15) is 43.4 Å². The van der Waals surface area contributed by atoms with E-state index >= 15 is 0 Å². The number of aryl methyl sites for hydroxylation is 1. The number of halogens is 2. The van der Waals surface area contributed by atoms with E-state index in [1.807, 2.05) is 42.8 Å². The molecule has 0 saturated heterocycles. The second kappa shape index (κ2) is 8.86. The molecule has 0 unspecified atom stereocenters. The summed E-state index contributed by atoms with van der Waals surface area (Å²) in [4.78, 5) is 19.5. The van der Waals surface area contributed by atoms with Crippen molar-refractivity contribution in [2.24, 2.45) is 5.92 Å². The zero-order valence-corrected chi connectivity index (χ0v) is 18.7. The van der Waals surface area contributed by atoms with Gasteiger partial charge in [0.2, 0.25) is 5.91 Å². The molecule has 1 aliphatic carbocycles. The molecule has 1 amide bonds. The quantitative estimate of drug-likeness (QED) is 0.478. The third kappa shape index (κ3) is 4.14. The first-order chi connectivity index (χ1) is 14.5. The Morgan fingerprint density at radius 1 is 1.23 bits per heavy atom. The molecule has 5 nitrogen and oxygen atoms in total. The summed E-state index contributed by atoms with van der Waals surface area (Å²) in [5.41, 5.74) is 2.32. The second-order valence-electron chi connectivity index (χ2n) is 7.84. The lowest BCUT2D eigenvalue weighted by Gasteiger charge is -2.26. The number of carbonyl (C=O) groups excluding carboxylic acids is 1. The van der Waals surface area contributed by atoms with Gasteiger partial charge in [0.15, 0.2) is 11.4 Å². The van der Waals surface area contributed by atoms with E-state index in [0.29, 0.717) is 28.0 Å². The smallest absolute Gasteiger partial charge is 0.231 e.